The largest absolute Gasteiger partial charge is 0.462 e. The monoisotopic (exact) mass is 449 g/mol. The highest BCUT2D eigenvalue weighted by Gasteiger charge is 2.41. The molecule has 1 aromatic carbocycles. The standard InChI is InChI=1S/C21H22F3N5O3/c1-3-32-20(31)17-13-27-29(18(17)21(22,23)24)16-7-5-15(6-8-16)19(30)26-9-4-11-28-12-10-25-14(28)2/h5-8,10,12-13H,3-4,9,11H2,1-2H3,(H,26,30). The second-order valence-electron chi connectivity index (χ2n) is 6.86. The maximum Gasteiger partial charge on any atom is 0.434 e. The third-order valence-corrected chi connectivity index (χ3v) is 4.69. The van der Waals surface area contributed by atoms with Gasteiger partial charge in [0.15, 0.2) is 5.69 Å². The van der Waals surface area contributed by atoms with Crippen LogP contribution in [0.5, 0.6) is 0 Å². The van der Waals surface area contributed by atoms with Crippen LogP contribution in [0.3, 0.4) is 0 Å². The van der Waals surface area contributed by atoms with Crippen molar-refractivity contribution in [2.24, 2.45) is 0 Å². The number of alkyl halides is 3. The first-order chi connectivity index (χ1) is 15.2. The molecule has 1 amide bonds. The molecule has 0 saturated carbocycles. The van der Waals surface area contributed by atoms with Gasteiger partial charge in [-0.3, -0.25) is 4.79 Å². The minimum absolute atomic E-state index is 0.0556. The van der Waals surface area contributed by atoms with Crippen LogP contribution in [0.1, 0.15) is 45.6 Å². The molecule has 2 aromatic heterocycles. The number of halogens is 3. The lowest BCUT2D eigenvalue weighted by atomic mass is 10.2. The summed E-state index contributed by atoms with van der Waals surface area (Å²) in [7, 11) is 0. The molecule has 0 aliphatic carbocycles. The van der Waals surface area contributed by atoms with Gasteiger partial charge in [0, 0.05) is 31.0 Å². The summed E-state index contributed by atoms with van der Waals surface area (Å²) < 4.78 is 48.1. The fourth-order valence-electron chi connectivity index (χ4n) is 3.12. The van der Waals surface area contributed by atoms with Crippen LogP contribution in [-0.2, 0) is 17.5 Å². The van der Waals surface area contributed by atoms with E-state index < -0.39 is 23.4 Å². The first kappa shape index (κ1) is 23.0. The number of carbonyl (C=O) groups excluding carboxylic acids is 2. The quantitative estimate of drug-likeness (QED) is 0.421. The minimum Gasteiger partial charge on any atom is -0.462 e. The van der Waals surface area contributed by atoms with Gasteiger partial charge in [0.2, 0.25) is 0 Å². The molecule has 8 nitrogen and oxygen atoms in total. The van der Waals surface area contributed by atoms with Gasteiger partial charge in [-0.1, -0.05) is 0 Å². The number of amides is 1. The van der Waals surface area contributed by atoms with Crippen LogP contribution in [0.25, 0.3) is 5.69 Å². The van der Waals surface area contributed by atoms with Gasteiger partial charge in [-0.25, -0.2) is 14.5 Å². The van der Waals surface area contributed by atoms with E-state index in [1.54, 1.807) is 6.20 Å². The molecule has 3 aromatic rings. The van der Waals surface area contributed by atoms with E-state index >= 15 is 0 Å². The van der Waals surface area contributed by atoms with Crippen molar-refractivity contribution in [2.45, 2.75) is 33.0 Å². The summed E-state index contributed by atoms with van der Waals surface area (Å²) in [4.78, 5) is 28.3. The second-order valence-corrected chi connectivity index (χ2v) is 6.86. The Balaban J connectivity index is 1.69. The highest BCUT2D eigenvalue weighted by Crippen LogP contribution is 2.34. The molecule has 0 fully saturated rings. The van der Waals surface area contributed by atoms with Crippen LogP contribution in [0.4, 0.5) is 13.2 Å². The number of aryl methyl sites for hydroxylation is 2. The zero-order valence-corrected chi connectivity index (χ0v) is 17.5. The maximum atomic E-state index is 13.6. The van der Waals surface area contributed by atoms with E-state index in [4.69, 9.17) is 4.74 Å². The van der Waals surface area contributed by atoms with Crippen molar-refractivity contribution in [1.29, 1.82) is 0 Å². The van der Waals surface area contributed by atoms with Gasteiger partial charge in [0.05, 0.1) is 18.5 Å². The number of esters is 1. The van der Waals surface area contributed by atoms with Crippen LogP contribution in [0, 0.1) is 6.92 Å². The van der Waals surface area contributed by atoms with E-state index in [0.717, 1.165) is 12.0 Å². The van der Waals surface area contributed by atoms with Crippen LogP contribution in [-0.4, -0.2) is 44.4 Å². The summed E-state index contributed by atoms with van der Waals surface area (Å²) in [5, 5.41) is 6.48. The molecule has 0 atom stereocenters. The summed E-state index contributed by atoms with van der Waals surface area (Å²) in [6.45, 7) is 4.45. The molecule has 170 valence electrons. The van der Waals surface area contributed by atoms with Crippen molar-refractivity contribution in [3.8, 4) is 5.69 Å². The van der Waals surface area contributed by atoms with Crippen LogP contribution in [0.15, 0.2) is 42.9 Å². The van der Waals surface area contributed by atoms with E-state index in [-0.39, 0.29) is 18.2 Å². The van der Waals surface area contributed by atoms with E-state index in [9.17, 15) is 22.8 Å². The van der Waals surface area contributed by atoms with E-state index in [1.807, 2.05) is 17.7 Å². The van der Waals surface area contributed by atoms with Gasteiger partial charge in [-0.05, 0) is 44.5 Å². The van der Waals surface area contributed by atoms with Crippen molar-refractivity contribution in [2.75, 3.05) is 13.2 Å². The van der Waals surface area contributed by atoms with E-state index in [1.165, 1.54) is 31.2 Å². The van der Waals surface area contributed by atoms with Gasteiger partial charge in [-0.2, -0.15) is 18.3 Å². The lowest BCUT2D eigenvalue weighted by molar-refractivity contribution is -0.143. The number of hydrogen-bond acceptors (Lipinski definition) is 5. The summed E-state index contributed by atoms with van der Waals surface area (Å²) in [5.74, 6) is -0.564. The van der Waals surface area contributed by atoms with Crippen LogP contribution < -0.4 is 5.32 Å². The molecule has 0 radical (unpaired) electrons. The fourth-order valence-corrected chi connectivity index (χ4v) is 3.12. The number of hydrogen-bond donors (Lipinski definition) is 1. The van der Waals surface area contributed by atoms with Crippen molar-refractivity contribution in [3.05, 3.63) is 65.5 Å². The zero-order valence-electron chi connectivity index (χ0n) is 17.5. The molecule has 11 heteroatoms. The molecule has 32 heavy (non-hydrogen) atoms. The number of ether oxygens (including phenoxy) is 1. The average molecular weight is 449 g/mol. The predicted molar refractivity (Wildman–Crippen MR) is 108 cm³/mol. The summed E-state index contributed by atoms with van der Waals surface area (Å²) >= 11 is 0. The molecular weight excluding hydrogens is 427 g/mol. The SMILES string of the molecule is CCOC(=O)c1cnn(-c2ccc(C(=O)NCCCn3ccnc3C)cc2)c1C(F)(F)F. The third-order valence-electron chi connectivity index (χ3n) is 4.69. The van der Waals surface area contributed by atoms with Crippen molar-refractivity contribution in [1.82, 2.24) is 24.6 Å². The molecule has 1 N–H and O–H groups in total. The highest BCUT2D eigenvalue weighted by atomic mass is 19.4. The van der Waals surface area contributed by atoms with Crippen LogP contribution >= 0.6 is 0 Å². The number of nitrogens with zero attached hydrogens (tertiary/aromatic N) is 4. The Bertz CT molecular complexity index is 1090. The van der Waals surface area contributed by atoms with Crippen molar-refractivity contribution < 1.29 is 27.5 Å². The number of benzene rings is 1. The fraction of sp³-hybridized carbons (Fsp3) is 0.333. The van der Waals surface area contributed by atoms with E-state index in [2.05, 4.69) is 15.4 Å². The molecular formula is C21H22F3N5O3. The number of nitrogens with one attached hydrogen (secondary N) is 1. The molecule has 0 unspecified atom stereocenters. The number of aromatic nitrogens is 4. The normalized spacial score (nSPS) is 11.4. The molecule has 2 heterocycles. The predicted octanol–water partition coefficient (Wildman–Crippen LogP) is 3.39. The van der Waals surface area contributed by atoms with Crippen molar-refractivity contribution in [3.63, 3.8) is 0 Å². The van der Waals surface area contributed by atoms with Gasteiger partial charge < -0.3 is 14.6 Å². The molecule has 0 aliphatic rings. The first-order valence-electron chi connectivity index (χ1n) is 9.91. The second kappa shape index (κ2) is 9.67. The first-order valence-corrected chi connectivity index (χ1v) is 9.91. The summed E-state index contributed by atoms with van der Waals surface area (Å²) in [6.07, 6.45) is 0.244. The average Bonchev–Trinajstić information content (AvgIpc) is 3.38. The van der Waals surface area contributed by atoms with Gasteiger partial charge >= 0.3 is 12.1 Å². The molecule has 0 saturated heterocycles. The Hall–Kier alpha value is -3.63. The maximum absolute atomic E-state index is 13.6. The Morgan fingerprint density at radius 1 is 1.19 bits per heavy atom. The Kier molecular flexibility index (Phi) is 6.96. The van der Waals surface area contributed by atoms with Gasteiger partial charge in [0.25, 0.3) is 5.91 Å². The third kappa shape index (κ3) is 5.16. The Morgan fingerprint density at radius 3 is 2.50 bits per heavy atom. The number of rotatable bonds is 8. The Labute approximate surface area is 182 Å². The molecule has 0 spiro atoms. The van der Waals surface area contributed by atoms with Gasteiger partial charge in [0.1, 0.15) is 11.4 Å². The Morgan fingerprint density at radius 2 is 1.91 bits per heavy atom. The lowest BCUT2D eigenvalue weighted by Crippen LogP contribution is -2.25. The van der Waals surface area contributed by atoms with Gasteiger partial charge in [-0.15, -0.1) is 0 Å². The molecule has 0 aliphatic heterocycles. The topological polar surface area (TPSA) is 91.0 Å². The number of imidazole rings is 1. The molecule has 3 rings (SSSR count). The summed E-state index contributed by atoms with van der Waals surface area (Å²) in [5.41, 5.74) is -1.56. The highest BCUT2D eigenvalue weighted by molar-refractivity contribution is 5.94. The van der Waals surface area contributed by atoms with Crippen LogP contribution in [0.2, 0.25) is 0 Å². The number of carbonyl (C=O) groups is 2. The smallest absolute Gasteiger partial charge is 0.434 e. The minimum atomic E-state index is -4.83. The lowest BCUT2D eigenvalue weighted by Gasteiger charge is -2.13. The van der Waals surface area contributed by atoms with Crippen molar-refractivity contribution >= 4 is 11.9 Å². The molecule has 0 bridgehead atoms. The zero-order chi connectivity index (χ0) is 23.3. The summed E-state index contributed by atoms with van der Waals surface area (Å²) in [6, 6.07) is 5.47. The van der Waals surface area contributed by atoms with E-state index in [0.29, 0.717) is 29.8 Å².